The molecule has 96 valence electrons. The lowest BCUT2D eigenvalue weighted by Crippen LogP contribution is -2.33. The van der Waals surface area contributed by atoms with Crippen molar-refractivity contribution in [2.45, 2.75) is 50.4 Å². The molecule has 2 nitrogen and oxygen atoms in total. The molecule has 0 radical (unpaired) electrons. The molecule has 3 fully saturated rings. The number of hydrogen-bond donors (Lipinski definition) is 1. The Hall–Kier alpha value is -0.860. The van der Waals surface area contributed by atoms with Crippen molar-refractivity contribution in [1.29, 1.82) is 0 Å². The number of ether oxygens (including phenoxy) is 1. The Balaban J connectivity index is 1.48. The van der Waals surface area contributed by atoms with Crippen LogP contribution < -0.4 is 5.73 Å². The summed E-state index contributed by atoms with van der Waals surface area (Å²) in [6, 6.07) is 11.0. The van der Waals surface area contributed by atoms with Gasteiger partial charge in [-0.2, -0.15) is 0 Å². The number of nitrogens with two attached hydrogens (primary N) is 1. The largest absolute Gasteiger partial charge is 0.370 e. The zero-order valence-corrected chi connectivity index (χ0v) is 10.8. The Morgan fingerprint density at radius 2 is 2.06 bits per heavy atom. The monoisotopic (exact) mass is 243 g/mol. The lowest BCUT2D eigenvalue weighted by atomic mass is 9.80. The third kappa shape index (κ3) is 1.42. The molecule has 3 aliphatic rings. The second-order valence-electron chi connectivity index (χ2n) is 6.60. The van der Waals surface area contributed by atoms with Crippen LogP contribution in [-0.2, 0) is 11.3 Å². The van der Waals surface area contributed by atoms with Gasteiger partial charge in [-0.3, -0.25) is 0 Å². The fourth-order valence-corrected chi connectivity index (χ4v) is 4.51. The van der Waals surface area contributed by atoms with E-state index in [-0.39, 0.29) is 5.60 Å². The van der Waals surface area contributed by atoms with Crippen LogP contribution in [0.2, 0.25) is 0 Å². The average Bonchev–Trinajstić information content (AvgIpc) is 2.92. The first-order valence-corrected chi connectivity index (χ1v) is 7.17. The molecule has 3 saturated carbocycles. The molecule has 0 amide bonds. The summed E-state index contributed by atoms with van der Waals surface area (Å²) < 4.78 is 6.35. The smallest absolute Gasteiger partial charge is 0.0753 e. The van der Waals surface area contributed by atoms with E-state index in [1.54, 1.807) is 0 Å². The number of rotatable bonds is 3. The zero-order valence-electron chi connectivity index (χ0n) is 10.8. The lowest BCUT2D eigenvalue weighted by Gasteiger charge is -2.28. The Morgan fingerprint density at radius 3 is 2.83 bits per heavy atom. The van der Waals surface area contributed by atoms with Crippen LogP contribution in [0.3, 0.4) is 0 Å². The quantitative estimate of drug-likeness (QED) is 0.886. The SMILES string of the molecule is NC1CCC23CC1CC2(OCc1ccccc1)C3. The normalized spacial score (nSPS) is 44.7. The van der Waals surface area contributed by atoms with Gasteiger partial charge < -0.3 is 10.5 Å². The van der Waals surface area contributed by atoms with Crippen molar-refractivity contribution in [1.82, 2.24) is 0 Å². The molecule has 1 spiro atoms. The topological polar surface area (TPSA) is 35.2 Å². The fraction of sp³-hybridized carbons (Fsp3) is 0.625. The van der Waals surface area contributed by atoms with Gasteiger partial charge in [0, 0.05) is 11.5 Å². The average molecular weight is 243 g/mol. The van der Waals surface area contributed by atoms with Gasteiger partial charge in [0.2, 0.25) is 0 Å². The van der Waals surface area contributed by atoms with Gasteiger partial charge in [-0.1, -0.05) is 30.3 Å². The Morgan fingerprint density at radius 1 is 1.22 bits per heavy atom. The summed E-state index contributed by atoms with van der Waals surface area (Å²) in [5.74, 6) is 0.725. The third-order valence-corrected chi connectivity index (χ3v) is 5.63. The highest BCUT2D eigenvalue weighted by atomic mass is 16.5. The van der Waals surface area contributed by atoms with Gasteiger partial charge in [-0.05, 0) is 43.6 Å². The van der Waals surface area contributed by atoms with Gasteiger partial charge in [0.05, 0.1) is 12.2 Å². The van der Waals surface area contributed by atoms with E-state index in [9.17, 15) is 0 Å². The van der Waals surface area contributed by atoms with Crippen molar-refractivity contribution in [3.63, 3.8) is 0 Å². The third-order valence-electron chi connectivity index (χ3n) is 5.63. The van der Waals surface area contributed by atoms with Crippen molar-refractivity contribution < 1.29 is 4.74 Å². The molecule has 2 N–H and O–H groups in total. The van der Waals surface area contributed by atoms with E-state index >= 15 is 0 Å². The Kier molecular flexibility index (Phi) is 2.19. The summed E-state index contributed by atoms with van der Waals surface area (Å²) in [5.41, 5.74) is 8.21. The first-order valence-electron chi connectivity index (χ1n) is 7.17. The Labute approximate surface area is 109 Å². The number of fused-ring (bicyclic) bond motifs is 1. The molecule has 3 aliphatic carbocycles. The van der Waals surface area contributed by atoms with E-state index in [2.05, 4.69) is 30.3 Å². The molecular formula is C16H21NO. The van der Waals surface area contributed by atoms with Crippen LogP contribution in [0, 0.1) is 11.3 Å². The van der Waals surface area contributed by atoms with E-state index in [4.69, 9.17) is 10.5 Å². The van der Waals surface area contributed by atoms with Crippen LogP contribution >= 0.6 is 0 Å². The van der Waals surface area contributed by atoms with Crippen molar-refractivity contribution in [2.75, 3.05) is 0 Å². The maximum absolute atomic E-state index is 6.35. The van der Waals surface area contributed by atoms with Gasteiger partial charge in [0.1, 0.15) is 0 Å². The summed E-state index contributed by atoms with van der Waals surface area (Å²) in [4.78, 5) is 0. The minimum absolute atomic E-state index is 0.196. The van der Waals surface area contributed by atoms with Crippen LogP contribution in [0.5, 0.6) is 0 Å². The van der Waals surface area contributed by atoms with Crippen LogP contribution in [0.1, 0.15) is 37.7 Å². The summed E-state index contributed by atoms with van der Waals surface area (Å²) in [5, 5.41) is 0. The first-order chi connectivity index (χ1) is 8.73. The molecule has 4 unspecified atom stereocenters. The molecule has 18 heavy (non-hydrogen) atoms. The van der Waals surface area contributed by atoms with Gasteiger partial charge in [-0.15, -0.1) is 0 Å². The molecule has 1 aromatic carbocycles. The number of hydrogen-bond acceptors (Lipinski definition) is 2. The minimum atomic E-state index is 0.196. The summed E-state index contributed by atoms with van der Waals surface area (Å²) in [6.07, 6.45) is 6.32. The maximum Gasteiger partial charge on any atom is 0.0753 e. The van der Waals surface area contributed by atoms with Crippen molar-refractivity contribution >= 4 is 0 Å². The molecule has 0 aliphatic heterocycles. The molecule has 0 saturated heterocycles. The molecule has 1 aromatic rings. The van der Waals surface area contributed by atoms with Gasteiger partial charge in [-0.25, -0.2) is 0 Å². The highest BCUT2D eigenvalue weighted by Crippen LogP contribution is 2.75. The standard InChI is InChI=1S/C16H21NO/c17-14-6-7-15-8-13(14)9-16(15,11-15)18-10-12-4-2-1-3-5-12/h1-5,13-14H,6-11,17H2. The van der Waals surface area contributed by atoms with E-state index in [1.165, 1.54) is 37.7 Å². The molecule has 4 rings (SSSR count). The second kappa shape index (κ2) is 3.58. The molecule has 4 atom stereocenters. The fourth-order valence-electron chi connectivity index (χ4n) is 4.51. The van der Waals surface area contributed by atoms with Crippen molar-refractivity contribution in [3.05, 3.63) is 35.9 Å². The highest BCUT2D eigenvalue weighted by molar-refractivity contribution is 5.26. The van der Waals surface area contributed by atoms with Crippen LogP contribution in [-0.4, -0.2) is 11.6 Å². The van der Waals surface area contributed by atoms with E-state index in [1.807, 2.05) is 0 Å². The molecule has 2 bridgehead atoms. The van der Waals surface area contributed by atoms with Gasteiger partial charge in [0.25, 0.3) is 0 Å². The van der Waals surface area contributed by atoms with E-state index < -0.39 is 0 Å². The van der Waals surface area contributed by atoms with E-state index in [0.717, 1.165) is 12.5 Å². The second-order valence-corrected chi connectivity index (χ2v) is 6.60. The van der Waals surface area contributed by atoms with Crippen LogP contribution in [0.4, 0.5) is 0 Å². The van der Waals surface area contributed by atoms with Crippen LogP contribution in [0.25, 0.3) is 0 Å². The summed E-state index contributed by atoms with van der Waals surface area (Å²) >= 11 is 0. The van der Waals surface area contributed by atoms with Crippen LogP contribution in [0.15, 0.2) is 30.3 Å². The molecule has 0 aromatic heterocycles. The van der Waals surface area contributed by atoms with E-state index in [0.29, 0.717) is 11.5 Å². The highest BCUT2D eigenvalue weighted by Gasteiger charge is 2.74. The lowest BCUT2D eigenvalue weighted by molar-refractivity contribution is -0.00144. The van der Waals surface area contributed by atoms with Crippen molar-refractivity contribution in [3.8, 4) is 0 Å². The van der Waals surface area contributed by atoms with Gasteiger partial charge in [0.15, 0.2) is 0 Å². The predicted octanol–water partition coefficient (Wildman–Crippen LogP) is 2.86. The zero-order chi connectivity index (χ0) is 12.2. The van der Waals surface area contributed by atoms with Gasteiger partial charge >= 0.3 is 0 Å². The number of benzene rings is 1. The maximum atomic E-state index is 6.35. The minimum Gasteiger partial charge on any atom is -0.370 e. The Bertz CT molecular complexity index is 459. The predicted molar refractivity (Wildman–Crippen MR) is 70.9 cm³/mol. The molecule has 0 heterocycles. The first kappa shape index (κ1) is 11.0. The van der Waals surface area contributed by atoms with Crippen molar-refractivity contribution in [2.24, 2.45) is 17.1 Å². The summed E-state index contributed by atoms with van der Waals surface area (Å²) in [6.45, 7) is 0.768. The summed E-state index contributed by atoms with van der Waals surface area (Å²) in [7, 11) is 0. The molecule has 2 heteroatoms. The molecular weight excluding hydrogens is 222 g/mol.